The van der Waals surface area contributed by atoms with Gasteiger partial charge in [-0.1, -0.05) is 6.42 Å². The van der Waals surface area contributed by atoms with Gasteiger partial charge in [-0.15, -0.1) is 0 Å². The zero-order valence-electron chi connectivity index (χ0n) is 11.0. The summed E-state index contributed by atoms with van der Waals surface area (Å²) in [6.45, 7) is 1.94. The van der Waals surface area contributed by atoms with Gasteiger partial charge in [0.2, 0.25) is 0 Å². The van der Waals surface area contributed by atoms with Gasteiger partial charge in [-0.25, -0.2) is 0 Å². The lowest BCUT2D eigenvalue weighted by atomic mass is 10.0. The first-order valence-corrected chi connectivity index (χ1v) is 6.58. The van der Waals surface area contributed by atoms with E-state index in [0.717, 1.165) is 19.5 Å². The van der Waals surface area contributed by atoms with Gasteiger partial charge in [-0.05, 0) is 44.3 Å². The second-order valence-corrected chi connectivity index (χ2v) is 5.25. The highest BCUT2D eigenvalue weighted by molar-refractivity contribution is 5.04. The zero-order valence-corrected chi connectivity index (χ0v) is 11.0. The van der Waals surface area contributed by atoms with E-state index in [2.05, 4.69) is 23.2 Å². The molecule has 1 aliphatic carbocycles. The molecule has 0 saturated heterocycles. The van der Waals surface area contributed by atoms with E-state index in [-0.39, 0.29) is 0 Å². The number of hydrogen-bond donors (Lipinski definition) is 1. The summed E-state index contributed by atoms with van der Waals surface area (Å²) in [5.41, 5.74) is 7.15. The van der Waals surface area contributed by atoms with Crippen LogP contribution in [0.4, 0.5) is 0 Å². The maximum atomic E-state index is 5.83. The lowest BCUT2D eigenvalue weighted by Gasteiger charge is -2.28. The summed E-state index contributed by atoms with van der Waals surface area (Å²) >= 11 is 0. The van der Waals surface area contributed by atoms with E-state index >= 15 is 0 Å². The quantitative estimate of drug-likeness (QED) is 0.830. The van der Waals surface area contributed by atoms with E-state index in [1.807, 2.05) is 17.9 Å². The average molecular weight is 236 g/mol. The minimum Gasteiger partial charge on any atom is -0.330 e. The molecule has 17 heavy (non-hydrogen) atoms. The van der Waals surface area contributed by atoms with Crippen molar-refractivity contribution in [2.75, 3.05) is 20.1 Å². The summed E-state index contributed by atoms with van der Waals surface area (Å²) in [6.07, 6.45) is 9.09. The SMILES string of the molecule is CN(CCc1cnn(C)c1)C1CCCC1CN. The van der Waals surface area contributed by atoms with Crippen molar-refractivity contribution in [3.05, 3.63) is 18.0 Å². The lowest BCUT2D eigenvalue weighted by Crippen LogP contribution is -2.38. The van der Waals surface area contributed by atoms with Crippen molar-refractivity contribution in [3.63, 3.8) is 0 Å². The Balaban J connectivity index is 1.82. The first kappa shape index (κ1) is 12.6. The fourth-order valence-electron chi connectivity index (χ4n) is 2.94. The van der Waals surface area contributed by atoms with Crippen molar-refractivity contribution in [1.29, 1.82) is 0 Å². The van der Waals surface area contributed by atoms with Gasteiger partial charge < -0.3 is 10.6 Å². The first-order chi connectivity index (χ1) is 8.20. The molecule has 1 fully saturated rings. The molecule has 0 radical (unpaired) electrons. The Hall–Kier alpha value is -0.870. The van der Waals surface area contributed by atoms with Crippen LogP contribution in [0, 0.1) is 5.92 Å². The summed E-state index contributed by atoms with van der Waals surface area (Å²) in [5, 5.41) is 4.20. The molecular formula is C13H24N4. The number of aromatic nitrogens is 2. The van der Waals surface area contributed by atoms with Gasteiger partial charge in [-0.2, -0.15) is 5.10 Å². The highest BCUT2D eigenvalue weighted by Gasteiger charge is 2.28. The van der Waals surface area contributed by atoms with Crippen molar-refractivity contribution in [1.82, 2.24) is 14.7 Å². The van der Waals surface area contributed by atoms with E-state index in [1.54, 1.807) is 0 Å². The summed E-state index contributed by atoms with van der Waals surface area (Å²) < 4.78 is 1.87. The molecule has 1 aliphatic rings. The minimum atomic E-state index is 0.691. The van der Waals surface area contributed by atoms with Crippen molar-refractivity contribution >= 4 is 0 Å². The fraction of sp³-hybridized carbons (Fsp3) is 0.769. The maximum Gasteiger partial charge on any atom is 0.0522 e. The molecule has 0 bridgehead atoms. The number of likely N-dealkylation sites (N-methyl/N-ethyl adjacent to an activating group) is 1. The molecular weight excluding hydrogens is 212 g/mol. The van der Waals surface area contributed by atoms with E-state index in [9.17, 15) is 0 Å². The summed E-state index contributed by atoms with van der Waals surface area (Å²) in [5.74, 6) is 0.703. The van der Waals surface area contributed by atoms with Gasteiger partial charge in [0.25, 0.3) is 0 Å². The Bertz CT molecular complexity index is 347. The van der Waals surface area contributed by atoms with Gasteiger partial charge in [0.05, 0.1) is 6.20 Å². The van der Waals surface area contributed by atoms with E-state index in [0.29, 0.717) is 12.0 Å². The Morgan fingerprint density at radius 1 is 1.53 bits per heavy atom. The van der Waals surface area contributed by atoms with Crippen LogP contribution in [0.15, 0.2) is 12.4 Å². The van der Waals surface area contributed by atoms with Crippen LogP contribution in [0.2, 0.25) is 0 Å². The summed E-state index contributed by atoms with van der Waals surface area (Å²) in [7, 11) is 4.20. The van der Waals surface area contributed by atoms with Gasteiger partial charge in [0.15, 0.2) is 0 Å². The van der Waals surface area contributed by atoms with Crippen LogP contribution in [0.1, 0.15) is 24.8 Å². The van der Waals surface area contributed by atoms with E-state index in [1.165, 1.54) is 24.8 Å². The number of rotatable bonds is 5. The topological polar surface area (TPSA) is 47.1 Å². The van der Waals surface area contributed by atoms with Crippen LogP contribution < -0.4 is 5.73 Å². The Labute approximate surface area is 104 Å². The van der Waals surface area contributed by atoms with E-state index < -0.39 is 0 Å². The van der Waals surface area contributed by atoms with Crippen LogP contribution in [-0.4, -0.2) is 40.9 Å². The molecule has 0 aromatic carbocycles. The third kappa shape index (κ3) is 3.07. The molecule has 4 nitrogen and oxygen atoms in total. The van der Waals surface area contributed by atoms with Crippen LogP contribution >= 0.6 is 0 Å². The normalized spacial score (nSPS) is 24.7. The average Bonchev–Trinajstić information content (AvgIpc) is 2.94. The number of nitrogens with zero attached hydrogens (tertiary/aromatic N) is 3. The van der Waals surface area contributed by atoms with Gasteiger partial charge >= 0.3 is 0 Å². The molecule has 2 N–H and O–H groups in total. The van der Waals surface area contributed by atoms with Crippen molar-refractivity contribution in [2.45, 2.75) is 31.7 Å². The van der Waals surface area contributed by atoms with Gasteiger partial charge in [0, 0.05) is 25.8 Å². The standard InChI is InChI=1S/C13H24N4/c1-16(13-5-3-4-12(13)8-14)7-6-11-9-15-17(2)10-11/h9-10,12-13H,3-8,14H2,1-2H3. The van der Waals surface area contributed by atoms with Crippen molar-refractivity contribution in [3.8, 4) is 0 Å². The van der Waals surface area contributed by atoms with Gasteiger partial charge in [-0.3, -0.25) is 4.68 Å². The van der Waals surface area contributed by atoms with Crippen molar-refractivity contribution in [2.24, 2.45) is 18.7 Å². The van der Waals surface area contributed by atoms with Crippen molar-refractivity contribution < 1.29 is 0 Å². The third-order valence-corrected chi connectivity index (χ3v) is 4.00. The largest absolute Gasteiger partial charge is 0.330 e. The zero-order chi connectivity index (χ0) is 12.3. The summed E-state index contributed by atoms with van der Waals surface area (Å²) in [4.78, 5) is 2.48. The van der Waals surface area contributed by atoms with Crippen LogP contribution in [0.25, 0.3) is 0 Å². The molecule has 0 amide bonds. The molecule has 1 aromatic rings. The molecule has 1 aromatic heterocycles. The number of nitrogens with two attached hydrogens (primary N) is 1. The Kier molecular flexibility index (Phi) is 4.18. The smallest absolute Gasteiger partial charge is 0.0522 e. The molecule has 0 aliphatic heterocycles. The Morgan fingerprint density at radius 2 is 2.35 bits per heavy atom. The van der Waals surface area contributed by atoms with Crippen LogP contribution in [-0.2, 0) is 13.5 Å². The monoisotopic (exact) mass is 236 g/mol. The first-order valence-electron chi connectivity index (χ1n) is 6.58. The molecule has 2 unspecified atom stereocenters. The predicted octanol–water partition coefficient (Wildman–Crippen LogP) is 1.02. The van der Waals surface area contributed by atoms with E-state index in [4.69, 9.17) is 5.73 Å². The minimum absolute atomic E-state index is 0.691. The maximum absolute atomic E-state index is 5.83. The molecule has 2 atom stereocenters. The number of hydrogen-bond acceptors (Lipinski definition) is 3. The highest BCUT2D eigenvalue weighted by Crippen LogP contribution is 2.28. The van der Waals surface area contributed by atoms with Crippen LogP contribution in [0.3, 0.4) is 0 Å². The molecule has 1 heterocycles. The molecule has 96 valence electrons. The molecule has 0 spiro atoms. The predicted molar refractivity (Wildman–Crippen MR) is 69.7 cm³/mol. The second kappa shape index (κ2) is 5.65. The van der Waals surface area contributed by atoms with Gasteiger partial charge in [0.1, 0.15) is 0 Å². The Morgan fingerprint density at radius 3 is 3.00 bits per heavy atom. The molecule has 2 rings (SSSR count). The van der Waals surface area contributed by atoms with Crippen LogP contribution in [0.5, 0.6) is 0 Å². The highest BCUT2D eigenvalue weighted by atomic mass is 15.2. The molecule has 1 saturated carbocycles. The molecule has 4 heteroatoms. The summed E-state index contributed by atoms with van der Waals surface area (Å²) in [6, 6.07) is 0.691. The third-order valence-electron chi connectivity index (χ3n) is 4.00. The number of aryl methyl sites for hydroxylation is 1. The second-order valence-electron chi connectivity index (χ2n) is 5.25. The lowest BCUT2D eigenvalue weighted by molar-refractivity contribution is 0.202. The fourth-order valence-corrected chi connectivity index (χ4v) is 2.94.